The van der Waals surface area contributed by atoms with Crippen LogP contribution >= 0.6 is 11.6 Å². The topological polar surface area (TPSA) is 86.0 Å². The summed E-state index contributed by atoms with van der Waals surface area (Å²) in [6.45, 7) is 3.01. The average molecular weight is 445 g/mol. The summed E-state index contributed by atoms with van der Waals surface area (Å²) >= 11 is 6.36. The Kier molecular flexibility index (Phi) is 4.75. The fourth-order valence-corrected chi connectivity index (χ4v) is 4.60. The molecule has 8 nitrogen and oxygen atoms in total. The Morgan fingerprint density at radius 1 is 1.35 bits per heavy atom. The highest BCUT2D eigenvalue weighted by Crippen LogP contribution is 2.39. The van der Waals surface area contributed by atoms with E-state index in [1.54, 1.807) is 29.9 Å². The van der Waals surface area contributed by atoms with Crippen LogP contribution in [0.3, 0.4) is 0 Å². The van der Waals surface area contributed by atoms with Crippen molar-refractivity contribution in [3.8, 4) is 0 Å². The number of nitrogens with one attached hydrogen (secondary N) is 1. The highest BCUT2D eigenvalue weighted by Gasteiger charge is 2.39. The molecule has 0 spiro atoms. The first kappa shape index (κ1) is 20.0. The zero-order valence-electron chi connectivity index (χ0n) is 16.9. The third-order valence-electron chi connectivity index (χ3n) is 5.81. The maximum Gasteiger partial charge on any atom is 0.322 e. The second kappa shape index (κ2) is 7.35. The van der Waals surface area contributed by atoms with Gasteiger partial charge in [0.15, 0.2) is 5.65 Å². The molecule has 2 N–H and O–H groups in total. The number of carbonyl (C=O) groups excluding carboxylic acids is 1. The summed E-state index contributed by atoms with van der Waals surface area (Å²) in [6.07, 6.45) is 5.10. The van der Waals surface area contributed by atoms with Crippen molar-refractivity contribution in [2.45, 2.75) is 31.4 Å². The fraction of sp³-hybridized carbons (Fsp3) is 0.381. The summed E-state index contributed by atoms with van der Waals surface area (Å²) in [5, 5.41) is 17.5. The van der Waals surface area contributed by atoms with Crippen molar-refractivity contribution in [3.63, 3.8) is 0 Å². The normalized spacial score (nSPS) is 20.2. The molecule has 1 atom stereocenters. The molecule has 5 rings (SSSR count). The Labute approximate surface area is 183 Å². The lowest BCUT2D eigenvalue weighted by Gasteiger charge is -2.43. The molecule has 162 valence electrons. The average Bonchev–Trinajstić information content (AvgIpc) is 3.35. The molecule has 0 bridgehead atoms. The van der Waals surface area contributed by atoms with E-state index in [4.69, 9.17) is 16.6 Å². The Morgan fingerprint density at radius 3 is 2.94 bits per heavy atom. The van der Waals surface area contributed by atoms with Crippen LogP contribution in [-0.2, 0) is 0 Å². The second-order valence-electron chi connectivity index (χ2n) is 8.41. The van der Waals surface area contributed by atoms with Gasteiger partial charge in [-0.15, -0.1) is 0 Å². The molecular weight excluding hydrogens is 423 g/mol. The number of hydrogen-bond donors (Lipinski definition) is 2. The van der Waals surface area contributed by atoms with E-state index in [2.05, 4.69) is 15.3 Å². The molecule has 3 aromatic rings. The zero-order valence-corrected chi connectivity index (χ0v) is 17.7. The third kappa shape index (κ3) is 3.68. The Balaban J connectivity index is 1.42. The number of anilines is 2. The lowest BCUT2D eigenvalue weighted by atomic mass is 9.98. The molecule has 0 saturated carbocycles. The van der Waals surface area contributed by atoms with Gasteiger partial charge >= 0.3 is 6.03 Å². The number of urea groups is 1. The van der Waals surface area contributed by atoms with Gasteiger partial charge in [0.05, 0.1) is 30.9 Å². The number of halogens is 2. The predicted molar refractivity (Wildman–Crippen MR) is 115 cm³/mol. The van der Waals surface area contributed by atoms with Crippen LogP contribution in [0.2, 0.25) is 5.02 Å². The number of rotatable bonds is 3. The number of fused-ring (bicyclic) bond motifs is 1. The lowest BCUT2D eigenvalue weighted by Crippen LogP contribution is -2.62. The molecular formula is C21H22ClFN6O2. The van der Waals surface area contributed by atoms with Crippen LogP contribution in [0.4, 0.5) is 20.7 Å². The first-order chi connectivity index (χ1) is 14.8. The highest BCUT2D eigenvalue weighted by molar-refractivity contribution is 6.31. The van der Waals surface area contributed by atoms with Gasteiger partial charge in [-0.2, -0.15) is 5.10 Å². The van der Waals surface area contributed by atoms with Crippen molar-refractivity contribution in [2.75, 3.05) is 29.9 Å². The van der Waals surface area contributed by atoms with Gasteiger partial charge in [-0.3, -0.25) is 0 Å². The van der Waals surface area contributed by atoms with Crippen molar-refractivity contribution in [1.82, 2.24) is 19.5 Å². The van der Waals surface area contributed by atoms with E-state index in [0.717, 1.165) is 24.9 Å². The summed E-state index contributed by atoms with van der Waals surface area (Å²) in [4.78, 5) is 20.8. The van der Waals surface area contributed by atoms with Gasteiger partial charge in [0.25, 0.3) is 0 Å². The van der Waals surface area contributed by atoms with Crippen LogP contribution in [0.15, 0.2) is 36.7 Å². The number of amides is 2. The Hall–Kier alpha value is -2.91. The van der Waals surface area contributed by atoms with E-state index in [1.165, 1.54) is 17.0 Å². The van der Waals surface area contributed by atoms with Gasteiger partial charge in [-0.1, -0.05) is 11.6 Å². The molecule has 2 aromatic heterocycles. The summed E-state index contributed by atoms with van der Waals surface area (Å²) < 4.78 is 15.4. The van der Waals surface area contributed by atoms with Crippen molar-refractivity contribution < 1.29 is 14.3 Å². The molecule has 2 fully saturated rings. The van der Waals surface area contributed by atoms with Crippen LogP contribution < -0.4 is 10.2 Å². The molecule has 2 amide bonds. The molecule has 1 aromatic carbocycles. The number of nitrogens with zero attached hydrogens (tertiary/aromatic N) is 5. The summed E-state index contributed by atoms with van der Waals surface area (Å²) in [6, 6.07) is 5.88. The van der Waals surface area contributed by atoms with Gasteiger partial charge in [-0.05, 0) is 49.6 Å². The van der Waals surface area contributed by atoms with Crippen LogP contribution in [-0.4, -0.2) is 55.9 Å². The maximum absolute atomic E-state index is 13.9. The van der Waals surface area contributed by atoms with E-state index in [9.17, 15) is 14.3 Å². The largest absolute Gasteiger partial charge is 0.386 e. The first-order valence-corrected chi connectivity index (χ1v) is 10.5. The standard InChI is InChI=1S/C21H22ClFN6O2/c1-21(31)11-27(12-21)20(30)25-16-10-24-29-8-6-18(26-19(16)29)28-7-2-3-17(28)14-9-13(23)4-5-15(14)22/h4-6,8-10,17,31H,2-3,7,11-12H2,1H3,(H,25,30)/t17-/m1/s1. The van der Waals surface area contributed by atoms with Crippen LogP contribution in [0.5, 0.6) is 0 Å². The molecule has 2 aliphatic rings. The Morgan fingerprint density at radius 2 is 2.16 bits per heavy atom. The smallest absolute Gasteiger partial charge is 0.322 e. The quantitative estimate of drug-likeness (QED) is 0.646. The van der Waals surface area contributed by atoms with Crippen molar-refractivity contribution in [3.05, 3.63) is 53.1 Å². The molecule has 10 heteroatoms. The minimum atomic E-state index is -0.840. The van der Waals surface area contributed by atoms with E-state index in [-0.39, 0.29) is 31.0 Å². The van der Waals surface area contributed by atoms with Crippen LogP contribution in [0.25, 0.3) is 5.65 Å². The minimum absolute atomic E-state index is 0.0811. The number of carbonyl (C=O) groups is 1. The van der Waals surface area contributed by atoms with Gasteiger partial charge in [-0.25, -0.2) is 18.7 Å². The minimum Gasteiger partial charge on any atom is -0.386 e. The zero-order chi connectivity index (χ0) is 21.8. The second-order valence-corrected chi connectivity index (χ2v) is 8.82. The summed E-state index contributed by atoms with van der Waals surface area (Å²) in [7, 11) is 0. The van der Waals surface area contributed by atoms with E-state index >= 15 is 0 Å². The van der Waals surface area contributed by atoms with Gasteiger partial charge in [0, 0.05) is 17.8 Å². The molecule has 0 aliphatic carbocycles. The van der Waals surface area contributed by atoms with Crippen LogP contribution in [0.1, 0.15) is 31.4 Å². The summed E-state index contributed by atoms with van der Waals surface area (Å²) in [5.41, 5.74) is 0.895. The predicted octanol–water partition coefficient (Wildman–Crippen LogP) is 3.46. The van der Waals surface area contributed by atoms with E-state index in [1.807, 2.05) is 6.07 Å². The number of hydrogen-bond acceptors (Lipinski definition) is 5. The number of β-amino-alcohol motifs (C(OH)–C–C–N with tert-alkyl or cyclic N) is 1. The Bertz CT molecular complexity index is 1160. The lowest BCUT2D eigenvalue weighted by molar-refractivity contribution is -0.0581. The monoisotopic (exact) mass is 444 g/mol. The molecule has 2 aliphatic heterocycles. The third-order valence-corrected chi connectivity index (χ3v) is 6.15. The molecule has 4 heterocycles. The maximum atomic E-state index is 13.9. The molecule has 0 radical (unpaired) electrons. The van der Waals surface area contributed by atoms with Crippen molar-refractivity contribution in [1.29, 1.82) is 0 Å². The molecule has 2 saturated heterocycles. The molecule has 31 heavy (non-hydrogen) atoms. The SMILES string of the molecule is CC1(O)CN(C(=O)Nc2cnn3ccc(N4CCC[C@@H]4c4cc(F)ccc4Cl)nc23)C1. The summed E-state index contributed by atoms with van der Waals surface area (Å²) in [5.74, 6) is 0.388. The van der Waals surface area contributed by atoms with Gasteiger partial charge in [0.1, 0.15) is 17.3 Å². The number of aliphatic hydroxyl groups is 1. The fourth-order valence-electron chi connectivity index (χ4n) is 4.36. The number of aromatic nitrogens is 3. The van der Waals surface area contributed by atoms with Gasteiger partial charge < -0.3 is 20.2 Å². The molecule has 0 unspecified atom stereocenters. The van der Waals surface area contributed by atoms with Crippen molar-refractivity contribution in [2.24, 2.45) is 0 Å². The van der Waals surface area contributed by atoms with Gasteiger partial charge in [0.2, 0.25) is 0 Å². The first-order valence-electron chi connectivity index (χ1n) is 10.1. The van der Waals surface area contributed by atoms with E-state index in [0.29, 0.717) is 22.2 Å². The highest BCUT2D eigenvalue weighted by atomic mass is 35.5. The van der Waals surface area contributed by atoms with E-state index < -0.39 is 5.60 Å². The van der Waals surface area contributed by atoms with Crippen molar-refractivity contribution >= 4 is 34.8 Å². The van der Waals surface area contributed by atoms with Crippen LogP contribution in [0, 0.1) is 5.82 Å². The number of likely N-dealkylation sites (tertiary alicyclic amines) is 1. The number of benzene rings is 1.